The third kappa shape index (κ3) is 1.98. The molecule has 0 aliphatic carbocycles. The number of benzene rings is 1. The highest BCUT2D eigenvalue weighted by Crippen LogP contribution is 2.22. The molecule has 0 radical (unpaired) electrons. The van der Waals surface area contributed by atoms with E-state index in [1.54, 1.807) is 12.3 Å². The molecule has 0 aromatic heterocycles. The van der Waals surface area contributed by atoms with Crippen molar-refractivity contribution in [3.8, 4) is 0 Å². The highest BCUT2D eigenvalue weighted by molar-refractivity contribution is 5.53. The quantitative estimate of drug-likeness (QED) is 0.768. The van der Waals surface area contributed by atoms with E-state index in [1.165, 1.54) is 23.1 Å². The molecule has 0 saturated heterocycles. The maximum atomic E-state index is 13.3. The van der Waals surface area contributed by atoms with Crippen molar-refractivity contribution >= 4 is 5.69 Å². The van der Waals surface area contributed by atoms with Gasteiger partial charge in [0.05, 0.1) is 12.2 Å². The van der Waals surface area contributed by atoms with Crippen LogP contribution < -0.4 is 4.90 Å². The van der Waals surface area contributed by atoms with E-state index in [4.69, 9.17) is 0 Å². The number of allylic oxidation sites excluding steroid dienone is 2. The Morgan fingerprint density at radius 2 is 2.07 bits per heavy atom. The van der Waals surface area contributed by atoms with E-state index >= 15 is 0 Å². The van der Waals surface area contributed by atoms with E-state index in [0.717, 1.165) is 6.07 Å². The molecule has 0 fully saturated rings. The van der Waals surface area contributed by atoms with Crippen LogP contribution >= 0.6 is 0 Å². The maximum Gasteiger partial charge on any atom is 0.149 e. The molecule has 2 nitrogen and oxygen atoms in total. The summed E-state index contributed by atoms with van der Waals surface area (Å²) in [5.74, 6) is -1.12. The second kappa shape index (κ2) is 3.73. The van der Waals surface area contributed by atoms with Crippen molar-refractivity contribution in [1.29, 1.82) is 0 Å². The summed E-state index contributed by atoms with van der Waals surface area (Å²) < 4.78 is 26.0. The molecule has 0 unspecified atom stereocenters. The summed E-state index contributed by atoms with van der Waals surface area (Å²) in [6.07, 6.45) is 4.75. The Morgan fingerprint density at radius 1 is 1.27 bits per heavy atom. The number of rotatable bonds is 1. The first-order valence-electron chi connectivity index (χ1n) is 4.45. The topological polar surface area (TPSA) is 23.5 Å². The zero-order valence-corrected chi connectivity index (χ0v) is 7.82. The Bertz CT molecular complexity index is 440. The van der Waals surface area contributed by atoms with Gasteiger partial charge in [0.2, 0.25) is 0 Å². The molecule has 0 atom stereocenters. The van der Waals surface area contributed by atoms with Gasteiger partial charge in [-0.05, 0) is 24.3 Å². The van der Waals surface area contributed by atoms with Crippen molar-refractivity contribution in [1.82, 2.24) is 0 Å². The minimum Gasteiger partial charge on any atom is -0.510 e. The number of aliphatic hydroxyl groups is 1. The highest BCUT2D eigenvalue weighted by Gasteiger charge is 2.13. The molecule has 1 aromatic rings. The van der Waals surface area contributed by atoms with E-state index in [2.05, 4.69) is 0 Å². The van der Waals surface area contributed by atoms with Gasteiger partial charge in [-0.3, -0.25) is 0 Å². The van der Waals surface area contributed by atoms with E-state index in [0.29, 0.717) is 0 Å². The zero-order valence-electron chi connectivity index (χ0n) is 7.82. The first-order valence-corrected chi connectivity index (χ1v) is 4.45. The van der Waals surface area contributed by atoms with Gasteiger partial charge in [0.15, 0.2) is 0 Å². The van der Waals surface area contributed by atoms with Crippen LogP contribution in [0.25, 0.3) is 0 Å². The fourth-order valence-corrected chi connectivity index (χ4v) is 1.42. The van der Waals surface area contributed by atoms with E-state index in [1.807, 2.05) is 0 Å². The first kappa shape index (κ1) is 9.71. The van der Waals surface area contributed by atoms with Gasteiger partial charge in [-0.2, -0.15) is 0 Å². The molecular weight excluding hydrogens is 200 g/mol. The third-order valence-corrected chi connectivity index (χ3v) is 2.11. The van der Waals surface area contributed by atoms with Crippen molar-refractivity contribution in [2.45, 2.75) is 0 Å². The summed E-state index contributed by atoms with van der Waals surface area (Å²) >= 11 is 0. The Morgan fingerprint density at radius 3 is 2.73 bits per heavy atom. The fraction of sp³-hybridized carbons (Fsp3) is 0.0909. The van der Waals surface area contributed by atoms with Gasteiger partial charge in [-0.1, -0.05) is 0 Å². The van der Waals surface area contributed by atoms with Crippen molar-refractivity contribution in [3.63, 3.8) is 0 Å². The number of anilines is 1. The number of nitrogens with zero attached hydrogens (tertiary/aromatic N) is 1. The summed E-state index contributed by atoms with van der Waals surface area (Å²) in [5, 5.41) is 9.26. The molecule has 0 amide bonds. The zero-order chi connectivity index (χ0) is 10.8. The Kier molecular flexibility index (Phi) is 2.41. The van der Waals surface area contributed by atoms with Gasteiger partial charge in [0.1, 0.15) is 17.4 Å². The Hall–Kier alpha value is -1.84. The molecule has 1 N–H and O–H groups in total. The molecule has 15 heavy (non-hydrogen) atoms. The monoisotopic (exact) mass is 209 g/mol. The second-order valence-electron chi connectivity index (χ2n) is 3.22. The van der Waals surface area contributed by atoms with Crippen molar-refractivity contribution in [2.75, 3.05) is 11.4 Å². The SMILES string of the molecule is OC1=CC=CN(c2ccc(F)cc2F)C1. The molecule has 0 saturated carbocycles. The number of halogens is 2. The van der Waals surface area contributed by atoms with Crippen LogP contribution in [0.5, 0.6) is 0 Å². The molecule has 1 aromatic carbocycles. The summed E-state index contributed by atoms with van der Waals surface area (Å²) in [5.41, 5.74) is 0.243. The van der Waals surface area contributed by atoms with Gasteiger partial charge < -0.3 is 10.0 Å². The van der Waals surface area contributed by atoms with Crippen LogP contribution in [0.3, 0.4) is 0 Å². The van der Waals surface area contributed by atoms with Gasteiger partial charge in [0, 0.05) is 12.3 Å². The predicted molar refractivity (Wildman–Crippen MR) is 53.6 cm³/mol. The van der Waals surface area contributed by atoms with Crippen molar-refractivity contribution in [3.05, 3.63) is 53.9 Å². The van der Waals surface area contributed by atoms with Gasteiger partial charge >= 0.3 is 0 Å². The summed E-state index contributed by atoms with van der Waals surface area (Å²) in [6.45, 7) is 0.194. The molecule has 78 valence electrons. The Balaban J connectivity index is 2.31. The molecule has 0 bridgehead atoms. The molecule has 1 aliphatic heterocycles. The van der Waals surface area contributed by atoms with Crippen LogP contribution in [-0.4, -0.2) is 11.7 Å². The smallest absolute Gasteiger partial charge is 0.149 e. The van der Waals surface area contributed by atoms with Crippen molar-refractivity contribution in [2.24, 2.45) is 0 Å². The van der Waals surface area contributed by atoms with E-state index in [9.17, 15) is 13.9 Å². The number of hydrogen-bond donors (Lipinski definition) is 1. The van der Waals surface area contributed by atoms with Gasteiger partial charge in [-0.25, -0.2) is 8.78 Å². The lowest BCUT2D eigenvalue weighted by molar-refractivity contribution is 0.400. The van der Waals surface area contributed by atoms with Crippen LogP contribution in [0.4, 0.5) is 14.5 Å². The molecule has 4 heteroatoms. The van der Waals surface area contributed by atoms with Crippen LogP contribution in [0, 0.1) is 11.6 Å². The standard InChI is InChI=1S/C11H9F2NO/c12-8-3-4-11(10(13)6-8)14-5-1-2-9(15)7-14/h1-6,15H,7H2. The summed E-state index contributed by atoms with van der Waals surface area (Å²) in [6, 6.07) is 3.34. The normalized spacial score (nSPS) is 15.3. The summed E-state index contributed by atoms with van der Waals surface area (Å²) in [7, 11) is 0. The first-order chi connectivity index (χ1) is 7.16. The Labute approximate surface area is 85.8 Å². The highest BCUT2D eigenvalue weighted by atomic mass is 19.1. The number of aliphatic hydroxyl groups excluding tert-OH is 1. The second-order valence-corrected chi connectivity index (χ2v) is 3.22. The minimum atomic E-state index is -0.644. The van der Waals surface area contributed by atoms with Crippen LogP contribution in [0.2, 0.25) is 0 Å². The average Bonchev–Trinajstić information content (AvgIpc) is 2.17. The molecule has 1 heterocycles. The third-order valence-electron chi connectivity index (χ3n) is 2.11. The van der Waals surface area contributed by atoms with E-state index < -0.39 is 11.6 Å². The molecule has 1 aliphatic rings. The number of hydrogen-bond acceptors (Lipinski definition) is 2. The van der Waals surface area contributed by atoms with Crippen molar-refractivity contribution < 1.29 is 13.9 Å². The molecule has 0 spiro atoms. The lowest BCUT2D eigenvalue weighted by atomic mass is 10.2. The largest absolute Gasteiger partial charge is 0.510 e. The average molecular weight is 209 g/mol. The lowest BCUT2D eigenvalue weighted by Gasteiger charge is -2.22. The van der Waals surface area contributed by atoms with Gasteiger partial charge in [0.25, 0.3) is 0 Å². The molecular formula is C11H9F2NO. The van der Waals surface area contributed by atoms with Gasteiger partial charge in [-0.15, -0.1) is 0 Å². The fourth-order valence-electron chi connectivity index (χ4n) is 1.42. The summed E-state index contributed by atoms with van der Waals surface area (Å²) in [4.78, 5) is 1.50. The maximum absolute atomic E-state index is 13.3. The van der Waals surface area contributed by atoms with Crippen LogP contribution in [0.1, 0.15) is 0 Å². The predicted octanol–water partition coefficient (Wildman–Crippen LogP) is 2.74. The van der Waals surface area contributed by atoms with Crippen LogP contribution in [-0.2, 0) is 0 Å². The van der Waals surface area contributed by atoms with Crippen LogP contribution in [0.15, 0.2) is 42.3 Å². The lowest BCUT2D eigenvalue weighted by Crippen LogP contribution is -2.22. The molecule has 2 rings (SSSR count). The van der Waals surface area contributed by atoms with E-state index in [-0.39, 0.29) is 18.0 Å². The minimum absolute atomic E-state index is 0.140.